The van der Waals surface area contributed by atoms with E-state index in [0.29, 0.717) is 0 Å². The first-order valence-electron chi connectivity index (χ1n) is 5.21. The molecule has 0 radical (unpaired) electrons. The smallest absolute Gasteiger partial charge is 0.351 e. The Bertz CT molecular complexity index is 786. The molecule has 0 saturated heterocycles. The summed E-state index contributed by atoms with van der Waals surface area (Å²) in [6.45, 7) is 0. The van der Waals surface area contributed by atoms with E-state index in [-0.39, 0.29) is 16.7 Å². The van der Waals surface area contributed by atoms with Crippen LogP contribution in [0.4, 0.5) is 0 Å². The standard InChI is InChI=1S/C12H8O8/c1-19-9-4-2-5(10(14)15)12(18)20-7(4)3-6(13)8(9)11(16)17/h2-3,13H,1H3,(H,14,15)(H,16,17). The first kappa shape index (κ1) is 13.4. The van der Waals surface area contributed by atoms with Crippen molar-refractivity contribution in [3.63, 3.8) is 0 Å². The molecule has 2 rings (SSSR count). The fraction of sp³-hybridized carbons (Fsp3) is 0.0833. The van der Waals surface area contributed by atoms with Gasteiger partial charge >= 0.3 is 17.6 Å². The molecule has 0 aliphatic heterocycles. The lowest BCUT2D eigenvalue weighted by molar-refractivity contribution is 0.0681. The van der Waals surface area contributed by atoms with Crippen LogP contribution in [0.25, 0.3) is 11.0 Å². The molecular formula is C12H8O8. The van der Waals surface area contributed by atoms with Crippen molar-refractivity contribution in [2.75, 3.05) is 7.11 Å². The van der Waals surface area contributed by atoms with Crippen LogP contribution in [-0.4, -0.2) is 34.4 Å². The lowest BCUT2D eigenvalue weighted by Crippen LogP contribution is -2.13. The molecule has 0 amide bonds. The zero-order valence-corrected chi connectivity index (χ0v) is 10.0. The zero-order chi connectivity index (χ0) is 15.0. The summed E-state index contributed by atoms with van der Waals surface area (Å²) in [4.78, 5) is 33.4. The number of carboxylic acid groups (broad SMARTS) is 2. The maximum atomic E-state index is 11.4. The van der Waals surface area contributed by atoms with Gasteiger partial charge in [0.25, 0.3) is 0 Å². The van der Waals surface area contributed by atoms with E-state index >= 15 is 0 Å². The highest BCUT2D eigenvalue weighted by molar-refractivity contribution is 6.03. The van der Waals surface area contributed by atoms with E-state index in [4.69, 9.17) is 19.4 Å². The lowest BCUT2D eigenvalue weighted by Gasteiger charge is -2.10. The molecule has 0 saturated carbocycles. The minimum Gasteiger partial charge on any atom is -0.507 e. The summed E-state index contributed by atoms with van der Waals surface area (Å²) in [7, 11) is 1.15. The Morgan fingerprint density at radius 3 is 2.35 bits per heavy atom. The molecule has 1 aromatic carbocycles. The molecule has 3 N–H and O–H groups in total. The average molecular weight is 280 g/mol. The Labute approximate surface area is 110 Å². The van der Waals surface area contributed by atoms with E-state index in [1.165, 1.54) is 0 Å². The number of ether oxygens (including phenoxy) is 1. The second-order valence-electron chi connectivity index (χ2n) is 3.77. The minimum absolute atomic E-state index is 0.0419. The van der Waals surface area contributed by atoms with Gasteiger partial charge in [0.2, 0.25) is 0 Å². The topological polar surface area (TPSA) is 134 Å². The van der Waals surface area contributed by atoms with Crippen molar-refractivity contribution in [3.8, 4) is 11.5 Å². The number of carboxylic acids is 2. The van der Waals surface area contributed by atoms with E-state index in [9.17, 15) is 19.5 Å². The Kier molecular flexibility index (Phi) is 3.07. The number of aromatic carboxylic acids is 2. The van der Waals surface area contributed by atoms with Crippen molar-refractivity contribution in [3.05, 3.63) is 33.7 Å². The third kappa shape index (κ3) is 1.92. The first-order chi connectivity index (χ1) is 9.36. The van der Waals surface area contributed by atoms with Crippen molar-refractivity contribution in [2.45, 2.75) is 0 Å². The quantitative estimate of drug-likeness (QED) is 0.706. The third-order valence-corrected chi connectivity index (χ3v) is 2.62. The van der Waals surface area contributed by atoms with Crippen molar-refractivity contribution in [2.24, 2.45) is 0 Å². The molecule has 0 fully saturated rings. The van der Waals surface area contributed by atoms with Gasteiger partial charge in [-0.15, -0.1) is 0 Å². The van der Waals surface area contributed by atoms with Gasteiger partial charge in [0.15, 0.2) is 0 Å². The van der Waals surface area contributed by atoms with Crippen molar-refractivity contribution >= 4 is 22.9 Å². The van der Waals surface area contributed by atoms with Crippen molar-refractivity contribution < 1.29 is 34.1 Å². The SMILES string of the molecule is COc1c(C(=O)O)c(O)cc2oc(=O)c(C(=O)O)cc12. The number of methoxy groups -OCH3 is 1. The number of benzene rings is 1. The Morgan fingerprint density at radius 1 is 1.20 bits per heavy atom. The molecule has 0 aliphatic rings. The van der Waals surface area contributed by atoms with Crippen LogP contribution < -0.4 is 10.4 Å². The number of hydrogen-bond donors (Lipinski definition) is 3. The van der Waals surface area contributed by atoms with Crippen LogP contribution in [0, 0.1) is 0 Å². The molecule has 0 unspecified atom stereocenters. The number of hydrogen-bond acceptors (Lipinski definition) is 6. The Morgan fingerprint density at radius 2 is 1.85 bits per heavy atom. The average Bonchev–Trinajstić information content (AvgIpc) is 2.35. The number of carbonyl (C=O) groups is 2. The molecule has 8 nitrogen and oxygen atoms in total. The Balaban J connectivity index is 2.98. The molecule has 0 aliphatic carbocycles. The van der Waals surface area contributed by atoms with Gasteiger partial charge < -0.3 is 24.5 Å². The highest BCUT2D eigenvalue weighted by Crippen LogP contribution is 2.36. The van der Waals surface area contributed by atoms with E-state index in [2.05, 4.69) is 0 Å². The molecule has 2 aromatic rings. The molecular weight excluding hydrogens is 272 g/mol. The molecule has 0 atom stereocenters. The molecule has 0 spiro atoms. The second kappa shape index (κ2) is 4.57. The summed E-state index contributed by atoms with van der Waals surface area (Å²) in [5.74, 6) is -3.94. The number of aromatic hydroxyl groups is 1. The summed E-state index contributed by atoms with van der Waals surface area (Å²) in [6.07, 6.45) is 0. The molecule has 1 aromatic heterocycles. The normalized spacial score (nSPS) is 10.4. The number of rotatable bonds is 3. The molecule has 104 valence electrons. The lowest BCUT2D eigenvalue weighted by atomic mass is 10.1. The summed E-state index contributed by atoms with van der Waals surface area (Å²) in [5, 5.41) is 27.5. The number of fused-ring (bicyclic) bond motifs is 1. The third-order valence-electron chi connectivity index (χ3n) is 2.62. The highest BCUT2D eigenvalue weighted by Gasteiger charge is 2.23. The van der Waals surface area contributed by atoms with Crippen LogP contribution in [0.3, 0.4) is 0 Å². The van der Waals surface area contributed by atoms with E-state index in [0.717, 1.165) is 19.2 Å². The molecule has 0 bridgehead atoms. The minimum atomic E-state index is -1.52. The largest absolute Gasteiger partial charge is 0.507 e. The van der Waals surface area contributed by atoms with Gasteiger partial charge in [0, 0.05) is 6.07 Å². The van der Waals surface area contributed by atoms with Crippen LogP contribution in [-0.2, 0) is 0 Å². The van der Waals surface area contributed by atoms with Gasteiger partial charge in [-0.3, -0.25) is 0 Å². The van der Waals surface area contributed by atoms with Crippen molar-refractivity contribution in [1.29, 1.82) is 0 Å². The second-order valence-corrected chi connectivity index (χ2v) is 3.77. The fourth-order valence-corrected chi connectivity index (χ4v) is 1.78. The number of phenols is 1. The zero-order valence-electron chi connectivity index (χ0n) is 10.0. The first-order valence-corrected chi connectivity index (χ1v) is 5.21. The predicted molar refractivity (Wildman–Crippen MR) is 64.6 cm³/mol. The van der Waals surface area contributed by atoms with Crippen molar-refractivity contribution in [1.82, 2.24) is 0 Å². The highest BCUT2D eigenvalue weighted by atomic mass is 16.5. The van der Waals surface area contributed by atoms with Gasteiger partial charge in [-0.25, -0.2) is 14.4 Å². The molecule has 20 heavy (non-hydrogen) atoms. The molecule has 1 heterocycles. The monoisotopic (exact) mass is 280 g/mol. The summed E-state index contributed by atoms with van der Waals surface area (Å²) >= 11 is 0. The summed E-state index contributed by atoms with van der Waals surface area (Å²) in [5.41, 5.74) is -2.52. The van der Waals surface area contributed by atoms with Gasteiger partial charge in [0.05, 0.1) is 12.5 Å². The molecule has 8 heteroatoms. The van der Waals surface area contributed by atoms with Gasteiger partial charge in [-0.05, 0) is 6.07 Å². The van der Waals surface area contributed by atoms with Crippen LogP contribution in [0.5, 0.6) is 11.5 Å². The Hall–Kier alpha value is -3.03. The predicted octanol–water partition coefficient (Wildman–Crippen LogP) is 0.904. The van der Waals surface area contributed by atoms with Gasteiger partial charge in [0.1, 0.15) is 28.2 Å². The van der Waals surface area contributed by atoms with Crippen LogP contribution in [0.2, 0.25) is 0 Å². The summed E-state index contributed by atoms with van der Waals surface area (Å²) in [6, 6.07) is 1.85. The van der Waals surface area contributed by atoms with Crippen LogP contribution in [0.1, 0.15) is 20.7 Å². The maximum Gasteiger partial charge on any atom is 0.351 e. The fourth-order valence-electron chi connectivity index (χ4n) is 1.78. The van der Waals surface area contributed by atoms with Crippen LogP contribution in [0.15, 0.2) is 21.3 Å². The van der Waals surface area contributed by atoms with Gasteiger partial charge in [-0.1, -0.05) is 0 Å². The summed E-state index contributed by atoms with van der Waals surface area (Å²) < 4.78 is 9.62. The maximum absolute atomic E-state index is 11.4. The van der Waals surface area contributed by atoms with Gasteiger partial charge in [-0.2, -0.15) is 0 Å². The van der Waals surface area contributed by atoms with E-state index in [1.807, 2.05) is 0 Å². The van der Waals surface area contributed by atoms with E-state index < -0.39 is 34.4 Å². The van der Waals surface area contributed by atoms with Crippen LogP contribution >= 0.6 is 0 Å². The van der Waals surface area contributed by atoms with E-state index in [1.54, 1.807) is 0 Å².